The monoisotopic (exact) mass is 360 g/mol. The Kier molecular flexibility index (Phi) is 5.30. The molecule has 1 aliphatic heterocycles. The highest BCUT2D eigenvalue weighted by Gasteiger charge is 2.20. The van der Waals surface area contributed by atoms with Crippen LogP contribution in [0, 0.1) is 0 Å². The largest absolute Gasteiger partial charge is 0.350 e. The highest BCUT2D eigenvalue weighted by Crippen LogP contribution is 2.22. The van der Waals surface area contributed by atoms with Gasteiger partial charge in [0.05, 0.1) is 12.1 Å². The first-order valence-electron chi connectivity index (χ1n) is 9.48. The van der Waals surface area contributed by atoms with Crippen LogP contribution in [0.15, 0.2) is 66.9 Å². The number of rotatable bonds is 6. The molecule has 1 fully saturated rings. The van der Waals surface area contributed by atoms with Crippen molar-refractivity contribution in [2.45, 2.75) is 25.4 Å². The first-order chi connectivity index (χ1) is 13.3. The topological polar surface area (TPSA) is 59.0 Å². The molecule has 1 aliphatic rings. The fourth-order valence-corrected chi connectivity index (χ4v) is 3.49. The molecule has 0 radical (unpaired) electrons. The van der Waals surface area contributed by atoms with Crippen LogP contribution in [0.1, 0.15) is 28.8 Å². The molecule has 27 heavy (non-hydrogen) atoms. The fourth-order valence-electron chi connectivity index (χ4n) is 3.49. The molecule has 2 N–H and O–H groups in total. The zero-order valence-corrected chi connectivity index (χ0v) is 15.3. The molecule has 2 aromatic carbocycles. The van der Waals surface area contributed by atoms with Gasteiger partial charge in [0, 0.05) is 24.3 Å². The highest BCUT2D eigenvalue weighted by atomic mass is 16.1. The summed E-state index contributed by atoms with van der Waals surface area (Å²) in [4.78, 5) is 12.9. The molecule has 1 amide bonds. The lowest BCUT2D eigenvalue weighted by Crippen LogP contribution is -2.37. The van der Waals surface area contributed by atoms with Crippen molar-refractivity contribution in [3.63, 3.8) is 0 Å². The van der Waals surface area contributed by atoms with Gasteiger partial charge in [-0.3, -0.25) is 9.48 Å². The van der Waals surface area contributed by atoms with Crippen molar-refractivity contribution in [2.24, 2.45) is 0 Å². The van der Waals surface area contributed by atoms with Crippen molar-refractivity contribution in [2.75, 3.05) is 13.1 Å². The van der Waals surface area contributed by atoms with Crippen LogP contribution in [0.2, 0.25) is 0 Å². The minimum atomic E-state index is -0.0677. The lowest BCUT2D eigenvalue weighted by Gasteiger charge is -2.11. The SMILES string of the molecule is O=C(NCC1CCCN1)c1cn(Cc2ccccc2)nc1-c1ccccc1. The number of benzene rings is 2. The third-order valence-corrected chi connectivity index (χ3v) is 4.91. The Hall–Kier alpha value is -2.92. The summed E-state index contributed by atoms with van der Waals surface area (Å²) in [6.45, 7) is 2.32. The molecule has 1 atom stereocenters. The van der Waals surface area contributed by atoms with Crippen molar-refractivity contribution in [1.82, 2.24) is 20.4 Å². The number of amides is 1. The molecular formula is C22H24N4O. The summed E-state index contributed by atoms with van der Waals surface area (Å²) in [7, 11) is 0. The Morgan fingerprint density at radius 3 is 2.56 bits per heavy atom. The average Bonchev–Trinajstić information content (AvgIpc) is 3.38. The lowest BCUT2D eigenvalue weighted by atomic mass is 10.1. The molecule has 1 saturated heterocycles. The van der Waals surface area contributed by atoms with Crippen LogP contribution in [-0.2, 0) is 6.54 Å². The first kappa shape index (κ1) is 17.5. The van der Waals surface area contributed by atoms with Gasteiger partial charge in [0.15, 0.2) is 0 Å². The van der Waals surface area contributed by atoms with E-state index in [0.717, 1.165) is 29.8 Å². The van der Waals surface area contributed by atoms with Gasteiger partial charge in [0.1, 0.15) is 5.69 Å². The molecule has 5 heteroatoms. The van der Waals surface area contributed by atoms with Gasteiger partial charge >= 0.3 is 0 Å². The Labute approximate surface area is 159 Å². The molecule has 0 aliphatic carbocycles. The molecule has 1 unspecified atom stereocenters. The molecule has 0 saturated carbocycles. The highest BCUT2D eigenvalue weighted by molar-refractivity contribution is 5.99. The van der Waals surface area contributed by atoms with E-state index in [1.165, 1.54) is 6.42 Å². The van der Waals surface area contributed by atoms with Crippen LogP contribution in [-0.4, -0.2) is 34.8 Å². The van der Waals surface area contributed by atoms with Crippen LogP contribution in [0.4, 0.5) is 0 Å². The van der Waals surface area contributed by atoms with E-state index in [1.54, 1.807) is 0 Å². The lowest BCUT2D eigenvalue weighted by molar-refractivity contribution is 0.0951. The van der Waals surface area contributed by atoms with E-state index in [2.05, 4.69) is 22.8 Å². The molecule has 138 valence electrons. The average molecular weight is 360 g/mol. The number of nitrogens with one attached hydrogen (secondary N) is 2. The standard InChI is InChI=1S/C22H24N4O/c27-22(24-14-19-12-7-13-23-19)20-16-26(15-17-8-3-1-4-9-17)25-21(20)18-10-5-2-6-11-18/h1-6,8-11,16,19,23H,7,12-15H2,(H,24,27). The third-order valence-electron chi connectivity index (χ3n) is 4.91. The number of carbonyl (C=O) groups excluding carboxylic acids is 1. The number of nitrogens with zero attached hydrogens (tertiary/aromatic N) is 2. The molecular weight excluding hydrogens is 336 g/mol. The Bertz CT molecular complexity index is 883. The predicted octanol–water partition coefficient (Wildman–Crippen LogP) is 3.08. The summed E-state index contributed by atoms with van der Waals surface area (Å²) >= 11 is 0. The summed E-state index contributed by atoms with van der Waals surface area (Å²) in [5.74, 6) is -0.0677. The number of carbonyl (C=O) groups is 1. The van der Waals surface area contributed by atoms with Crippen LogP contribution >= 0.6 is 0 Å². The normalized spacial score (nSPS) is 16.4. The quantitative estimate of drug-likeness (QED) is 0.710. The van der Waals surface area contributed by atoms with Crippen molar-refractivity contribution < 1.29 is 4.79 Å². The van der Waals surface area contributed by atoms with E-state index in [-0.39, 0.29) is 5.91 Å². The molecule has 0 bridgehead atoms. The number of aromatic nitrogens is 2. The predicted molar refractivity (Wildman–Crippen MR) is 107 cm³/mol. The van der Waals surface area contributed by atoms with Gasteiger partial charge in [-0.05, 0) is 24.9 Å². The maximum atomic E-state index is 12.9. The third kappa shape index (κ3) is 4.26. The van der Waals surface area contributed by atoms with E-state index in [4.69, 9.17) is 5.10 Å². The van der Waals surface area contributed by atoms with Crippen molar-refractivity contribution in [1.29, 1.82) is 0 Å². The number of hydrogen-bond acceptors (Lipinski definition) is 3. The van der Waals surface area contributed by atoms with Crippen molar-refractivity contribution >= 4 is 5.91 Å². The molecule has 0 spiro atoms. The summed E-state index contributed by atoms with van der Waals surface area (Å²) < 4.78 is 1.85. The maximum Gasteiger partial charge on any atom is 0.255 e. The van der Waals surface area contributed by atoms with Crippen LogP contribution in [0.25, 0.3) is 11.3 Å². The van der Waals surface area contributed by atoms with Gasteiger partial charge in [-0.15, -0.1) is 0 Å². The van der Waals surface area contributed by atoms with Gasteiger partial charge in [0.2, 0.25) is 0 Å². The van der Waals surface area contributed by atoms with E-state index >= 15 is 0 Å². The van der Waals surface area contributed by atoms with Crippen LogP contribution in [0.5, 0.6) is 0 Å². The van der Waals surface area contributed by atoms with Gasteiger partial charge in [-0.1, -0.05) is 60.7 Å². The Balaban J connectivity index is 1.58. The smallest absolute Gasteiger partial charge is 0.255 e. The molecule has 2 heterocycles. The van der Waals surface area contributed by atoms with Crippen LogP contribution < -0.4 is 10.6 Å². The Morgan fingerprint density at radius 2 is 1.85 bits per heavy atom. The second-order valence-corrected chi connectivity index (χ2v) is 6.94. The summed E-state index contributed by atoms with van der Waals surface area (Å²) in [6, 6.07) is 20.4. The molecule has 3 aromatic rings. The van der Waals surface area contributed by atoms with E-state index in [9.17, 15) is 4.79 Å². The zero-order chi connectivity index (χ0) is 18.5. The minimum Gasteiger partial charge on any atom is -0.350 e. The van der Waals surface area contributed by atoms with Gasteiger partial charge in [-0.2, -0.15) is 5.10 Å². The van der Waals surface area contributed by atoms with Gasteiger partial charge in [-0.25, -0.2) is 0 Å². The van der Waals surface area contributed by atoms with Crippen molar-refractivity contribution in [3.05, 3.63) is 78.0 Å². The summed E-state index contributed by atoms with van der Waals surface area (Å²) in [5.41, 5.74) is 3.45. The second kappa shape index (κ2) is 8.18. The summed E-state index contributed by atoms with van der Waals surface area (Å²) in [5, 5.41) is 11.2. The van der Waals surface area contributed by atoms with E-state index in [1.807, 2.05) is 59.4 Å². The summed E-state index contributed by atoms with van der Waals surface area (Å²) in [6.07, 6.45) is 4.14. The van der Waals surface area contributed by atoms with Gasteiger partial charge < -0.3 is 10.6 Å². The fraction of sp³-hybridized carbons (Fsp3) is 0.273. The zero-order valence-electron chi connectivity index (χ0n) is 15.3. The first-order valence-corrected chi connectivity index (χ1v) is 9.48. The maximum absolute atomic E-state index is 12.9. The second-order valence-electron chi connectivity index (χ2n) is 6.94. The number of hydrogen-bond donors (Lipinski definition) is 2. The molecule has 1 aromatic heterocycles. The van der Waals surface area contributed by atoms with Crippen LogP contribution in [0.3, 0.4) is 0 Å². The van der Waals surface area contributed by atoms with Gasteiger partial charge in [0.25, 0.3) is 5.91 Å². The van der Waals surface area contributed by atoms with Crippen molar-refractivity contribution in [3.8, 4) is 11.3 Å². The van der Waals surface area contributed by atoms with E-state index < -0.39 is 0 Å². The molecule has 4 rings (SSSR count). The Morgan fingerprint density at radius 1 is 1.11 bits per heavy atom. The van der Waals surface area contributed by atoms with E-state index in [0.29, 0.717) is 24.7 Å². The molecule has 5 nitrogen and oxygen atoms in total. The minimum absolute atomic E-state index is 0.0677.